The predicted octanol–water partition coefficient (Wildman–Crippen LogP) is 4.53. The van der Waals surface area contributed by atoms with E-state index in [9.17, 15) is 10.1 Å². The molecule has 0 saturated carbocycles. The minimum atomic E-state index is -0.420. The van der Waals surface area contributed by atoms with Crippen molar-refractivity contribution in [3.05, 3.63) is 71.9 Å². The molecule has 2 aromatic carbocycles. The molecular formula is C27H28N4O3. The molecule has 4 rings (SSSR count). The smallest absolute Gasteiger partial charge is 0.262 e. The van der Waals surface area contributed by atoms with Crippen LogP contribution in [0.5, 0.6) is 5.75 Å². The molecule has 1 aromatic heterocycles. The highest BCUT2D eigenvalue weighted by Gasteiger charge is 2.19. The summed E-state index contributed by atoms with van der Waals surface area (Å²) in [5.74, 6) is 0.329. The number of ether oxygens (including phenoxy) is 2. The zero-order chi connectivity index (χ0) is 23.8. The number of hydrogen-bond acceptors (Lipinski definition) is 5. The first-order chi connectivity index (χ1) is 16.7. The van der Waals surface area contributed by atoms with E-state index in [1.54, 1.807) is 10.8 Å². The molecule has 0 aliphatic carbocycles. The lowest BCUT2D eigenvalue weighted by Crippen LogP contribution is -2.32. The highest BCUT2D eigenvalue weighted by molar-refractivity contribution is 6.02. The number of hydrogen-bond donors (Lipinski definition) is 1. The fraction of sp³-hybridized carbons (Fsp3) is 0.296. The van der Waals surface area contributed by atoms with Gasteiger partial charge in [0.1, 0.15) is 23.1 Å². The van der Waals surface area contributed by atoms with E-state index >= 15 is 0 Å². The van der Waals surface area contributed by atoms with Crippen LogP contribution >= 0.6 is 0 Å². The largest absolute Gasteiger partial charge is 0.494 e. The molecule has 1 N–H and O–H groups in total. The average molecular weight is 457 g/mol. The van der Waals surface area contributed by atoms with Crippen LogP contribution in [0.3, 0.4) is 0 Å². The maximum absolute atomic E-state index is 12.7. The van der Waals surface area contributed by atoms with Crippen LogP contribution in [0.2, 0.25) is 0 Å². The van der Waals surface area contributed by atoms with Crippen LogP contribution in [0.25, 0.3) is 23.0 Å². The van der Waals surface area contributed by atoms with Gasteiger partial charge in [0.2, 0.25) is 0 Å². The molecule has 0 spiro atoms. The van der Waals surface area contributed by atoms with E-state index in [1.165, 1.54) is 0 Å². The van der Waals surface area contributed by atoms with E-state index < -0.39 is 5.91 Å². The number of nitriles is 1. The van der Waals surface area contributed by atoms with Crippen molar-refractivity contribution in [2.75, 3.05) is 19.8 Å². The van der Waals surface area contributed by atoms with Gasteiger partial charge in [0.05, 0.1) is 18.4 Å². The Morgan fingerprint density at radius 1 is 1.29 bits per heavy atom. The summed E-state index contributed by atoms with van der Waals surface area (Å²) < 4.78 is 13.1. The maximum atomic E-state index is 12.7. The summed E-state index contributed by atoms with van der Waals surface area (Å²) in [6.45, 7) is 3.79. The van der Waals surface area contributed by atoms with Gasteiger partial charge in [-0.15, -0.1) is 0 Å². The van der Waals surface area contributed by atoms with Crippen molar-refractivity contribution in [3.63, 3.8) is 0 Å². The van der Waals surface area contributed by atoms with Gasteiger partial charge in [-0.25, -0.2) is 4.68 Å². The monoisotopic (exact) mass is 456 g/mol. The van der Waals surface area contributed by atoms with Crippen molar-refractivity contribution in [1.82, 2.24) is 15.1 Å². The molecule has 1 amide bonds. The molecule has 1 aliphatic rings. The number of rotatable bonds is 9. The van der Waals surface area contributed by atoms with Crippen molar-refractivity contribution < 1.29 is 14.3 Å². The Morgan fingerprint density at radius 3 is 2.88 bits per heavy atom. The molecule has 1 fully saturated rings. The van der Waals surface area contributed by atoms with Crippen molar-refractivity contribution >= 4 is 12.0 Å². The number of benzene rings is 2. The number of para-hydroxylation sites is 1. The Kier molecular flexibility index (Phi) is 7.74. The lowest BCUT2D eigenvalue weighted by Gasteiger charge is -2.10. The minimum absolute atomic E-state index is 0.00569. The van der Waals surface area contributed by atoms with Gasteiger partial charge in [0.25, 0.3) is 5.91 Å². The number of amides is 1. The Bertz CT molecular complexity index is 1190. The highest BCUT2D eigenvalue weighted by atomic mass is 16.5. The summed E-state index contributed by atoms with van der Waals surface area (Å²) in [7, 11) is 0. The second kappa shape index (κ2) is 11.3. The van der Waals surface area contributed by atoms with Crippen LogP contribution in [0.4, 0.5) is 0 Å². The minimum Gasteiger partial charge on any atom is -0.494 e. The first-order valence-electron chi connectivity index (χ1n) is 11.6. The zero-order valence-electron chi connectivity index (χ0n) is 19.2. The van der Waals surface area contributed by atoms with E-state index in [2.05, 4.69) is 12.2 Å². The third kappa shape index (κ3) is 5.72. The van der Waals surface area contributed by atoms with Gasteiger partial charge in [0.15, 0.2) is 0 Å². The van der Waals surface area contributed by atoms with Gasteiger partial charge in [-0.1, -0.05) is 37.3 Å². The molecule has 0 radical (unpaired) electrons. The Morgan fingerprint density at radius 2 is 2.15 bits per heavy atom. The molecule has 3 aromatic rings. The first-order valence-corrected chi connectivity index (χ1v) is 11.6. The average Bonchev–Trinajstić information content (AvgIpc) is 3.55. The molecule has 1 aliphatic heterocycles. The van der Waals surface area contributed by atoms with Crippen LogP contribution < -0.4 is 10.1 Å². The van der Waals surface area contributed by atoms with Gasteiger partial charge in [0, 0.05) is 30.5 Å². The van der Waals surface area contributed by atoms with E-state index in [4.69, 9.17) is 14.6 Å². The topological polar surface area (TPSA) is 89.2 Å². The highest BCUT2D eigenvalue weighted by Crippen LogP contribution is 2.28. The van der Waals surface area contributed by atoms with Crippen molar-refractivity contribution in [2.24, 2.45) is 0 Å². The lowest BCUT2D eigenvalue weighted by atomic mass is 10.1. The Labute approximate surface area is 199 Å². The second-order valence-corrected chi connectivity index (χ2v) is 8.10. The summed E-state index contributed by atoms with van der Waals surface area (Å²) in [4.78, 5) is 12.7. The van der Waals surface area contributed by atoms with E-state index in [-0.39, 0.29) is 11.7 Å². The van der Waals surface area contributed by atoms with Gasteiger partial charge < -0.3 is 14.8 Å². The number of carbonyl (C=O) groups is 1. The zero-order valence-corrected chi connectivity index (χ0v) is 19.2. The molecule has 1 atom stereocenters. The number of nitrogens with one attached hydrogen (secondary N) is 1. The third-order valence-electron chi connectivity index (χ3n) is 5.52. The van der Waals surface area contributed by atoms with E-state index in [0.717, 1.165) is 36.3 Å². The predicted molar refractivity (Wildman–Crippen MR) is 130 cm³/mol. The lowest BCUT2D eigenvalue weighted by molar-refractivity contribution is -0.117. The van der Waals surface area contributed by atoms with Crippen LogP contribution in [-0.2, 0) is 9.53 Å². The summed E-state index contributed by atoms with van der Waals surface area (Å²) >= 11 is 0. The molecule has 7 nitrogen and oxygen atoms in total. The van der Waals surface area contributed by atoms with Crippen LogP contribution in [-0.4, -0.2) is 41.6 Å². The second-order valence-electron chi connectivity index (χ2n) is 8.10. The SMILES string of the molecule is CCCOc1cccc(-c2nn(-c3ccccc3)cc2C=C(C#N)C(=O)NCC2CCCO2)c1. The third-order valence-corrected chi connectivity index (χ3v) is 5.52. The van der Waals surface area contributed by atoms with E-state index in [0.29, 0.717) is 31.0 Å². The van der Waals surface area contributed by atoms with Crippen molar-refractivity contribution in [2.45, 2.75) is 32.3 Å². The number of aromatic nitrogens is 2. The summed E-state index contributed by atoms with van der Waals surface area (Å²) in [5.41, 5.74) is 3.06. The molecule has 174 valence electrons. The van der Waals surface area contributed by atoms with Gasteiger partial charge >= 0.3 is 0 Å². The van der Waals surface area contributed by atoms with Gasteiger partial charge in [-0.05, 0) is 49.6 Å². The first kappa shape index (κ1) is 23.3. The quantitative estimate of drug-likeness (QED) is 0.377. The Balaban J connectivity index is 1.68. The fourth-order valence-corrected chi connectivity index (χ4v) is 3.79. The summed E-state index contributed by atoms with van der Waals surface area (Å²) in [5, 5.41) is 17.3. The van der Waals surface area contributed by atoms with E-state index in [1.807, 2.05) is 66.9 Å². The number of carbonyl (C=O) groups excluding carboxylic acids is 1. The normalized spacial score (nSPS) is 15.6. The summed E-state index contributed by atoms with van der Waals surface area (Å²) in [6.07, 6.45) is 6.24. The van der Waals surface area contributed by atoms with Crippen molar-refractivity contribution in [1.29, 1.82) is 5.26 Å². The number of nitrogens with zero attached hydrogens (tertiary/aromatic N) is 3. The van der Waals surface area contributed by atoms with Crippen LogP contribution in [0.1, 0.15) is 31.7 Å². The fourth-order valence-electron chi connectivity index (χ4n) is 3.79. The van der Waals surface area contributed by atoms with Crippen LogP contribution in [0.15, 0.2) is 66.4 Å². The summed E-state index contributed by atoms with van der Waals surface area (Å²) in [6, 6.07) is 19.4. The molecule has 34 heavy (non-hydrogen) atoms. The van der Waals surface area contributed by atoms with Crippen LogP contribution in [0, 0.1) is 11.3 Å². The molecule has 1 saturated heterocycles. The van der Waals surface area contributed by atoms with Gasteiger partial charge in [-0.3, -0.25) is 4.79 Å². The van der Waals surface area contributed by atoms with Crippen molar-refractivity contribution in [3.8, 4) is 28.8 Å². The molecule has 2 heterocycles. The maximum Gasteiger partial charge on any atom is 0.262 e. The molecule has 1 unspecified atom stereocenters. The molecular weight excluding hydrogens is 428 g/mol. The Hall–Kier alpha value is -3.89. The van der Waals surface area contributed by atoms with Gasteiger partial charge in [-0.2, -0.15) is 10.4 Å². The molecule has 7 heteroatoms. The standard InChI is InChI=1S/C27H28N4O3/c1-2-13-33-24-11-6-8-20(16-24)26-22(19-31(30-26)23-9-4-3-5-10-23)15-21(17-28)27(32)29-18-25-12-7-14-34-25/h3-6,8-11,15-16,19,25H,2,7,12-14,18H2,1H3,(H,29,32). The molecule has 0 bridgehead atoms.